The molecule has 21 heavy (non-hydrogen) atoms. The van der Waals surface area contributed by atoms with Crippen molar-refractivity contribution in [3.8, 4) is 0 Å². The van der Waals surface area contributed by atoms with Crippen LogP contribution in [0.4, 0.5) is 5.69 Å². The van der Waals surface area contributed by atoms with Gasteiger partial charge in [-0.15, -0.1) is 0 Å². The van der Waals surface area contributed by atoms with Crippen molar-refractivity contribution in [2.45, 2.75) is 37.6 Å². The second-order valence-electron chi connectivity index (χ2n) is 4.86. The van der Waals surface area contributed by atoms with Gasteiger partial charge in [0.2, 0.25) is 0 Å². The summed E-state index contributed by atoms with van der Waals surface area (Å²) < 4.78 is 5.33. The lowest BCUT2D eigenvalue weighted by Gasteiger charge is -2.40. The number of aromatic carboxylic acids is 1. The lowest BCUT2D eigenvalue weighted by molar-refractivity contribution is -0.254. The van der Waals surface area contributed by atoms with Gasteiger partial charge in [-0.25, -0.2) is 0 Å². The third kappa shape index (κ3) is 3.28. The van der Waals surface area contributed by atoms with Crippen molar-refractivity contribution in [2.24, 2.45) is 0 Å². The highest BCUT2D eigenvalue weighted by molar-refractivity contribution is 6.31. The van der Waals surface area contributed by atoms with Crippen molar-refractivity contribution >= 4 is 23.3 Å². The molecular weight excluding hydrogens is 302 g/mol. The fourth-order valence-corrected chi connectivity index (χ4v) is 2.31. The van der Waals surface area contributed by atoms with E-state index < -0.39 is 36.6 Å². The molecule has 8 heteroatoms. The van der Waals surface area contributed by atoms with Crippen LogP contribution in [0.5, 0.6) is 0 Å². The Balaban J connectivity index is 2.25. The Labute approximate surface area is 125 Å². The first-order valence-corrected chi connectivity index (χ1v) is 6.66. The van der Waals surface area contributed by atoms with Gasteiger partial charge in [-0.2, -0.15) is 0 Å². The molecule has 0 bridgehead atoms. The molecule has 1 aromatic rings. The van der Waals surface area contributed by atoms with Crippen molar-refractivity contribution in [3.63, 3.8) is 0 Å². The average Bonchev–Trinajstić information content (AvgIpc) is 2.42. The lowest BCUT2D eigenvalue weighted by Crippen LogP contribution is -2.58. The molecule has 0 unspecified atom stereocenters. The largest absolute Gasteiger partial charge is 0.545 e. The molecule has 0 spiro atoms. The quantitative estimate of drug-likeness (QED) is 0.561. The molecule has 0 aromatic heterocycles. The van der Waals surface area contributed by atoms with E-state index in [0.29, 0.717) is 0 Å². The van der Waals surface area contributed by atoms with Crippen LogP contribution in [-0.2, 0) is 4.74 Å². The predicted molar refractivity (Wildman–Crippen MR) is 71.8 cm³/mol. The van der Waals surface area contributed by atoms with E-state index >= 15 is 0 Å². The van der Waals surface area contributed by atoms with Crippen LogP contribution in [0.1, 0.15) is 17.3 Å². The standard InChI is InChI=1S/C13H16ClNO6/c1-5-9(16)10(17)11(18)12(21-5)15-8-4-6(14)2-3-7(8)13(19)20/h2-5,9-12,15-18H,1H3,(H,19,20)/p-1/t5-,9-,10+,11+,12-/m1/s1. The lowest BCUT2D eigenvalue weighted by atomic mass is 9.99. The third-order valence-corrected chi connectivity index (χ3v) is 3.59. The molecule has 4 N–H and O–H groups in total. The van der Waals surface area contributed by atoms with E-state index in [1.54, 1.807) is 0 Å². The van der Waals surface area contributed by atoms with Gasteiger partial charge in [-0.1, -0.05) is 11.6 Å². The number of carboxylic acids is 1. The first-order chi connectivity index (χ1) is 9.81. The third-order valence-electron chi connectivity index (χ3n) is 3.35. The van der Waals surface area contributed by atoms with Crippen LogP contribution in [-0.4, -0.2) is 51.9 Å². The molecule has 1 heterocycles. The highest BCUT2D eigenvalue weighted by Gasteiger charge is 2.41. The summed E-state index contributed by atoms with van der Waals surface area (Å²) in [6.07, 6.45) is -5.94. The van der Waals surface area contributed by atoms with Crippen LogP contribution in [0.3, 0.4) is 0 Å². The Morgan fingerprint density at radius 3 is 2.57 bits per heavy atom. The van der Waals surface area contributed by atoms with Gasteiger partial charge < -0.3 is 35.3 Å². The Kier molecular flexibility index (Phi) is 4.70. The van der Waals surface area contributed by atoms with Crippen LogP contribution >= 0.6 is 11.6 Å². The van der Waals surface area contributed by atoms with Gasteiger partial charge in [0.05, 0.1) is 12.1 Å². The van der Waals surface area contributed by atoms with Gasteiger partial charge in [0.1, 0.15) is 18.3 Å². The van der Waals surface area contributed by atoms with Gasteiger partial charge in [0.25, 0.3) is 0 Å². The Morgan fingerprint density at radius 1 is 1.29 bits per heavy atom. The maximum atomic E-state index is 11.1. The van der Waals surface area contributed by atoms with Crippen LogP contribution in [0.15, 0.2) is 18.2 Å². The minimum atomic E-state index is -1.44. The number of ether oxygens (including phenoxy) is 1. The van der Waals surface area contributed by atoms with Crippen molar-refractivity contribution in [1.29, 1.82) is 0 Å². The second kappa shape index (κ2) is 6.17. The molecule has 1 aromatic carbocycles. The molecule has 0 saturated carbocycles. The van der Waals surface area contributed by atoms with Crippen molar-refractivity contribution < 1.29 is 30.0 Å². The summed E-state index contributed by atoms with van der Waals surface area (Å²) in [5, 5.41) is 43.2. The average molecular weight is 317 g/mol. The molecule has 5 atom stereocenters. The molecule has 1 saturated heterocycles. The summed E-state index contributed by atoms with van der Waals surface area (Å²) in [5.41, 5.74) is -0.0780. The number of aliphatic hydroxyl groups excluding tert-OH is 3. The number of benzene rings is 1. The number of nitrogens with one attached hydrogen (secondary N) is 1. The van der Waals surface area contributed by atoms with Gasteiger partial charge in [-0.05, 0) is 25.1 Å². The Morgan fingerprint density at radius 2 is 1.95 bits per heavy atom. The van der Waals surface area contributed by atoms with Crippen LogP contribution in [0.25, 0.3) is 0 Å². The van der Waals surface area contributed by atoms with Gasteiger partial charge >= 0.3 is 0 Å². The molecule has 0 amide bonds. The summed E-state index contributed by atoms with van der Waals surface area (Å²) in [6, 6.07) is 3.98. The number of hydrogen-bond acceptors (Lipinski definition) is 7. The summed E-state index contributed by atoms with van der Waals surface area (Å²) >= 11 is 5.81. The highest BCUT2D eigenvalue weighted by atomic mass is 35.5. The van der Waals surface area contributed by atoms with E-state index in [-0.39, 0.29) is 16.3 Å². The fraction of sp³-hybridized carbons (Fsp3) is 0.462. The SMILES string of the molecule is C[C@H]1O[C@@H](Nc2cc(Cl)ccc2C(=O)[O-])[C@@H](O)[C@@H](O)[C@@H]1O. The van der Waals surface area contributed by atoms with Crippen LogP contribution in [0.2, 0.25) is 5.02 Å². The topological polar surface area (TPSA) is 122 Å². The normalized spacial score (nSPS) is 32.7. The van der Waals surface area contributed by atoms with Crippen LogP contribution < -0.4 is 10.4 Å². The van der Waals surface area contributed by atoms with Gasteiger partial charge in [-0.3, -0.25) is 0 Å². The molecule has 1 fully saturated rings. The number of halogens is 1. The zero-order valence-corrected chi connectivity index (χ0v) is 11.8. The number of carbonyl (C=O) groups excluding carboxylic acids is 1. The first kappa shape index (κ1) is 16.0. The zero-order chi connectivity index (χ0) is 15.7. The number of hydrogen-bond donors (Lipinski definition) is 4. The summed E-state index contributed by atoms with van der Waals surface area (Å²) in [5.74, 6) is -1.42. The molecule has 0 radical (unpaired) electrons. The van der Waals surface area contributed by atoms with E-state index in [9.17, 15) is 25.2 Å². The second-order valence-corrected chi connectivity index (χ2v) is 5.29. The van der Waals surface area contributed by atoms with E-state index in [1.807, 2.05) is 0 Å². The minimum absolute atomic E-state index is 0.0855. The minimum Gasteiger partial charge on any atom is -0.545 e. The molecule has 7 nitrogen and oxygen atoms in total. The summed E-state index contributed by atoms with van der Waals surface area (Å²) in [6.45, 7) is 1.52. The Bertz CT molecular complexity index is 539. The van der Waals surface area contributed by atoms with Crippen molar-refractivity contribution in [2.75, 3.05) is 5.32 Å². The number of rotatable bonds is 3. The van der Waals surface area contributed by atoms with Crippen molar-refractivity contribution in [1.82, 2.24) is 0 Å². The predicted octanol–water partition coefficient (Wildman–Crippen LogP) is -1.06. The van der Waals surface area contributed by atoms with Gasteiger partial charge in [0, 0.05) is 16.3 Å². The van der Waals surface area contributed by atoms with E-state index in [0.717, 1.165) is 0 Å². The summed E-state index contributed by atoms with van der Waals surface area (Å²) in [4.78, 5) is 11.1. The van der Waals surface area contributed by atoms with E-state index in [4.69, 9.17) is 16.3 Å². The molecular formula is C13H15ClNO6-. The maximum absolute atomic E-state index is 11.1. The van der Waals surface area contributed by atoms with Crippen LogP contribution in [0, 0.1) is 0 Å². The number of anilines is 1. The molecule has 1 aliphatic rings. The van der Waals surface area contributed by atoms with E-state index in [1.165, 1.54) is 25.1 Å². The zero-order valence-electron chi connectivity index (χ0n) is 11.1. The number of aliphatic hydroxyl groups is 3. The Hall–Kier alpha value is -1.38. The monoisotopic (exact) mass is 316 g/mol. The van der Waals surface area contributed by atoms with Crippen molar-refractivity contribution in [3.05, 3.63) is 28.8 Å². The molecule has 0 aliphatic carbocycles. The number of carboxylic acid groups (broad SMARTS) is 1. The first-order valence-electron chi connectivity index (χ1n) is 6.28. The molecule has 116 valence electrons. The highest BCUT2D eigenvalue weighted by Crippen LogP contribution is 2.26. The molecule has 2 rings (SSSR count). The van der Waals surface area contributed by atoms with E-state index in [2.05, 4.69) is 5.32 Å². The maximum Gasteiger partial charge on any atom is 0.157 e. The van der Waals surface area contributed by atoms with Gasteiger partial charge in [0.15, 0.2) is 6.23 Å². The summed E-state index contributed by atoms with van der Waals surface area (Å²) in [7, 11) is 0. The smallest absolute Gasteiger partial charge is 0.157 e. The fourth-order valence-electron chi connectivity index (χ4n) is 2.14. The molecule has 1 aliphatic heterocycles. The number of carbonyl (C=O) groups is 1.